The first-order valence-electron chi connectivity index (χ1n) is 10.2. The Kier molecular flexibility index (Phi) is 5.36. The molecule has 1 aromatic heterocycles. The van der Waals surface area contributed by atoms with Crippen LogP contribution in [-0.2, 0) is 9.59 Å². The summed E-state index contributed by atoms with van der Waals surface area (Å²) in [6.45, 7) is 1.61. The molecule has 4 rings (SSSR count). The molecule has 1 saturated carbocycles. The predicted molar refractivity (Wildman–Crippen MR) is 106 cm³/mol. The van der Waals surface area contributed by atoms with E-state index in [9.17, 15) is 14.4 Å². The van der Waals surface area contributed by atoms with Gasteiger partial charge in [-0.2, -0.15) is 0 Å². The number of rotatable bonds is 8. The van der Waals surface area contributed by atoms with Crippen LogP contribution in [0, 0.1) is 0 Å². The summed E-state index contributed by atoms with van der Waals surface area (Å²) in [5, 5.41) is 5.84. The van der Waals surface area contributed by atoms with Gasteiger partial charge in [0.2, 0.25) is 17.6 Å². The van der Waals surface area contributed by atoms with Gasteiger partial charge in [-0.25, -0.2) is 4.98 Å². The Bertz CT molecular complexity index is 895. The number of oxazole rings is 1. The molecule has 8 nitrogen and oxygen atoms in total. The number of carbonyl (C=O) groups excluding carboxylic acids is 3. The van der Waals surface area contributed by atoms with Gasteiger partial charge >= 0.3 is 0 Å². The van der Waals surface area contributed by atoms with Crippen molar-refractivity contribution in [2.24, 2.45) is 0 Å². The van der Waals surface area contributed by atoms with Crippen LogP contribution in [-0.4, -0.2) is 59.2 Å². The van der Waals surface area contributed by atoms with Crippen LogP contribution < -0.4 is 10.6 Å². The second-order valence-corrected chi connectivity index (χ2v) is 7.86. The molecule has 154 valence electrons. The Hall–Kier alpha value is -2.74. The summed E-state index contributed by atoms with van der Waals surface area (Å²) in [6.07, 6.45) is 3.90. The molecular formula is C21H26N4O4. The van der Waals surface area contributed by atoms with E-state index >= 15 is 0 Å². The highest BCUT2D eigenvalue weighted by Gasteiger charge is 2.53. The number of hydrogen-bond acceptors (Lipinski definition) is 6. The summed E-state index contributed by atoms with van der Waals surface area (Å²) in [7, 11) is 1.69. The summed E-state index contributed by atoms with van der Waals surface area (Å²) in [4.78, 5) is 44.1. The van der Waals surface area contributed by atoms with Crippen LogP contribution >= 0.6 is 0 Å². The van der Waals surface area contributed by atoms with E-state index in [1.54, 1.807) is 19.2 Å². The number of nitrogens with zero attached hydrogens (tertiary/aromatic N) is 2. The molecule has 2 aromatic rings. The molecule has 0 unspecified atom stereocenters. The highest BCUT2D eigenvalue weighted by atomic mass is 16.4. The first-order chi connectivity index (χ1) is 14.0. The van der Waals surface area contributed by atoms with Gasteiger partial charge in [-0.1, -0.05) is 12.1 Å². The van der Waals surface area contributed by atoms with E-state index in [-0.39, 0.29) is 23.5 Å². The number of likely N-dealkylation sites (tertiary alicyclic amines) is 1. The average Bonchev–Trinajstić information content (AvgIpc) is 3.14. The lowest BCUT2D eigenvalue weighted by molar-refractivity contribution is -0.130. The third kappa shape index (κ3) is 4.03. The van der Waals surface area contributed by atoms with Gasteiger partial charge < -0.3 is 20.0 Å². The summed E-state index contributed by atoms with van der Waals surface area (Å²) in [6, 6.07) is 6.65. The molecule has 0 radical (unpaired) electrons. The van der Waals surface area contributed by atoms with Crippen LogP contribution in [0.15, 0.2) is 28.7 Å². The molecule has 1 aromatic carbocycles. The van der Waals surface area contributed by atoms with Crippen molar-refractivity contribution in [2.45, 2.75) is 50.1 Å². The summed E-state index contributed by atoms with van der Waals surface area (Å²) < 4.78 is 5.58. The Balaban J connectivity index is 1.38. The number of ketones is 1. The van der Waals surface area contributed by atoms with Crippen molar-refractivity contribution in [3.63, 3.8) is 0 Å². The fourth-order valence-electron chi connectivity index (χ4n) is 3.83. The first kappa shape index (κ1) is 19.6. The van der Waals surface area contributed by atoms with Gasteiger partial charge in [0.25, 0.3) is 5.89 Å². The molecule has 1 aliphatic heterocycles. The highest BCUT2D eigenvalue weighted by molar-refractivity contribution is 6.05. The molecule has 0 spiro atoms. The molecule has 1 atom stereocenters. The molecule has 29 heavy (non-hydrogen) atoms. The minimum absolute atomic E-state index is 0.0224. The Morgan fingerprint density at radius 2 is 1.93 bits per heavy atom. The smallest absolute Gasteiger partial charge is 0.266 e. The molecular weight excluding hydrogens is 372 g/mol. The summed E-state index contributed by atoms with van der Waals surface area (Å²) >= 11 is 0. The number of fused-ring (bicyclic) bond motifs is 1. The second-order valence-electron chi connectivity index (χ2n) is 7.86. The number of carbonyl (C=O) groups is 3. The van der Waals surface area contributed by atoms with Gasteiger partial charge in [-0.05, 0) is 51.3 Å². The highest BCUT2D eigenvalue weighted by Crippen LogP contribution is 2.39. The number of amides is 2. The second kappa shape index (κ2) is 7.94. The van der Waals surface area contributed by atoms with Crippen LogP contribution in [0.2, 0.25) is 0 Å². The van der Waals surface area contributed by atoms with Crippen molar-refractivity contribution in [1.29, 1.82) is 0 Å². The number of hydrogen-bond donors (Lipinski definition) is 2. The largest absolute Gasteiger partial charge is 0.434 e. The minimum Gasteiger partial charge on any atom is -0.434 e. The van der Waals surface area contributed by atoms with E-state index in [1.807, 2.05) is 17.0 Å². The lowest BCUT2D eigenvalue weighted by Crippen LogP contribution is -2.51. The van der Waals surface area contributed by atoms with E-state index in [2.05, 4.69) is 15.6 Å². The SMILES string of the molecule is CN[C@@H](CCC(=O)N1CCCC1)C(=O)NC1(C(=O)c2nc3ccccc3o2)CC1. The molecule has 2 fully saturated rings. The van der Waals surface area contributed by atoms with Gasteiger partial charge in [-0.3, -0.25) is 14.4 Å². The van der Waals surface area contributed by atoms with E-state index in [1.165, 1.54) is 0 Å². The van der Waals surface area contributed by atoms with Crippen LogP contribution in [0.4, 0.5) is 0 Å². The topological polar surface area (TPSA) is 105 Å². The van der Waals surface area contributed by atoms with Crippen LogP contribution in [0.3, 0.4) is 0 Å². The molecule has 2 heterocycles. The average molecular weight is 398 g/mol. The van der Waals surface area contributed by atoms with Gasteiger partial charge in [0, 0.05) is 19.5 Å². The third-order valence-electron chi connectivity index (χ3n) is 5.81. The number of benzene rings is 1. The van der Waals surface area contributed by atoms with Crippen molar-refractivity contribution in [3.05, 3.63) is 30.2 Å². The van der Waals surface area contributed by atoms with E-state index in [4.69, 9.17) is 4.42 Å². The van der Waals surface area contributed by atoms with Gasteiger partial charge in [0.05, 0.1) is 6.04 Å². The van der Waals surface area contributed by atoms with E-state index in [0.29, 0.717) is 36.8 Å². The standard InChI is InChI=1S/C21H26N4O4/c1-22-15(8-9-17(26)25-12-4-5-13-25)19(28)24-21(10-11-21)18(27)20-23-14-6-2-3-7-16(14)29-20/h2-3,6-7,15,22H,4-5,8-13H2,1H3,(H,24,28)/t15-/m0/s1. The van der Waals surface area contributed by atoms with Crippen molar-refractivity contribution in [3.8, 4) is 0 Å². The Morgan fingerprint density at radius 1 is 1.21 bits per heavy atom. The van der Waals surface area contributed by atoms with Crippen LogP contribution in [0.25, 0.3) is 11.1 Å². The quantitative estimate of drug-likeness (QED) is 0.655. The van der Waals surface area contributed by atoms with E-state index < -0.39 is 11.6 Å². The zero-order valence-corrected chi connectivity index (χ0v) is 16.6. The van der Waals surface area contributed by atoms with E-state index in [0.717, 1.165) is 25.9 Å². The molecule has 1 aliphatic carbocycles. The fraction of sp³-hybridized carbons (Fsp3) is 0.524. The monoisotopic (exact) mass is 398 g/mol. The van der Waals surface area contributed by atoms with Crippen molar-refractivity contribution < 1.29 is 18.8 Å². The van der Waals surface area contributed by atoms with Crippen molar-refractivity contribution in [1.82, 2.24) is 20.5 Å². The fourth-order valence-corrected chi connectivity index (χ4v) is 3.83. The zero-order chi connectivity index (χ0) is 20.4. The maximum Gasteiger partial charge on any atom is 0.266 e. The number of nitrogens with one attached hydrogen (secondary N) is 2. The van der Waals surface area contributed by atoms with Gasteiger partial charge in [0.1, 0.15) is 11.1 Å². The number of para-hydroxylation sites is 2. The van der Waals surface area contributed by atoms with Crippen molar-refractivity contribution >= 4 is 28.7 Å². The normalized spacial score (nSPS) is 18.6. The molecule has 0 bridgehead atoms. The molecule has 2 aliphatic rings. The molecule has 2 N–H and O–H groups in total. The number of likely N-dealkylation sites (N-methyl/N-ethyl adjacent to an activating group) is 1. The zero-order valence-electron chi connectivity index (χ0n) is 16.6. The third-order valence-corrected chi connectivity index (χ3v) is 5.81. The predicted octanol–water partition coefficient (Wildman–Crippen LogP) is 1.65. The number of Topliss-reactive ketones (excluding diaryl/α,β-unsaturated/α-hetero) is 1. The maximum absolute atomic E-state index is 12.9. The summed E-state index contributed by atoms with van der Waals surface area (Å²) in [5.41, 5.74) is 0.212. The van der Waals surface area contributed by atoms with Crippen LogP contribution in [0.5, 0.6) is 0 Å². The van der Waals surface area contributed by atoms with Gasteiger partial charge in [0.15, 0.2) is 5.58 Å². The molecule has 2 amide bonds. The van der Waals surface area contributed by atoms with Crippen LogP contribution in [0.1, 0.15) is 49.2 Å². The minimum atomic E-state index is -0.952. The first-order valence-corrected chi connectivity index (χ1v) is 10.2. The van der Waals surface area contributed by atoms with Crippen molar-refractivity contribution in [2.75, 3.05) is 20.1 Å². The lowest BCUT2D eigenvalue weighted by Gasteiger charge is -2.21. The Morgan fingerprint density at radius 3 is 2.59 bits per heavy atom. The maximum atomic E-state index is 12.9. The molecule has 1 saturated heterocycles. The number of aromatic nitrogens is 1. The summed E-state index contributed by atoms with van der Waals surface area (Å²) in [5.74, 6) is -0.470. The lowest BCUT2D eigenvalue weighted by atomic mass is 10.1. The molecule has 8 heteroatoms. The Labute approximate surface area is 169 Å². The van der Waals surface area contributed by atoms with Gasteiger partial charge in [-0.15, -0.1) is 0 Å².